The first-order valence-corrected chi connectivity index (χ1v) is 7.63. The van der Waals surface area contributed by atoms with E-state index >= 15 is 0 Å². The fraction of sp³-hybridized carbons (Fsp3) is 1.00. The first-order valence-electron chi connectivity index (χ1n) is 7.63. The van der Waals surface area contributed by atoms with Gasteiger partial charge in [-0.15, -0.1) is 0 Å². The van der Waals surface area contributed by atoms with Crippen molar-refractivity contribution in [3.8, 4) is 0 Å². The quantitative estimate of drug-likeness (QED) is 0.465. The van der Waals surface area contributed by atoms with Crippen LogP contribution < -0.4 is 5.32 Å². The molecule has 20 heavy (non-hydrogen) atoms. The van der Waals surface area contributed by atoms with Crippen LogP contribution in [0.4, 0.5) is 0 Å². The Balaban J connectivity index is 3.13. The zero-order valence-electron chi connectivity index (χ0n) is 13.7. The fourth-order valence-electron chi connectivity index (χ4n) is 1.53. The molecule has 0 saturated carbocycles. The summed E-state index contributed by atoms with van der Waals surface area (Å²) in [5.41, 5.74) is 0. The predicted molar refractivity (Wildman–Crippen MR) is 81.3 cm³/mol. The first kappa shape index (κ1) is 19.8. The third kappa shape index (κ3) is 15.9. The van der Waals surface area contributed by atoms with Crippen molar-refractivity contribution in [3.05, 3.63) is 0 Å². The smallest absolute Gasteiger partial charge is 0.0704 e. The normalized spacial score (nSPS) is 13.1. The van der Waals surface area contributed by atoms with E-state index in [1.54, 1.807) is 7.11 Å². The van der Waals surface area contributed by atoms with Crippen molar-refractivity contribution in [1.82, 2.24) is 5.32 Å². The van der Waals surface area contributed by atoms with Gasteiger partial charge in [0.2, 0.25) is 0 Å². The maximum absolute atomic E-state index is 5.65. The first-order chi connectivity index (χ1) is 9.66. The Morgan fingerprint density at radius 2 is 1.45 bits per heavy atom. The largest absolute Gasteiger partial charge is 0.382 e. The summed E-state index contributed by atoms with van der Waals surface area (Å²) < 4.78 is 21.2. The lowest BCUT2D eigenvalue weighted by Gasteiger charge is -2.14. The number of nitrogens with one attached hydrogen (secondary N) is 1. The van der Waals surface area contributed by atoms with Crippen molar-refractivity contribution in [2.75, 3.05) is 59.8 Å². The Labute approximate surface area is 124 Å². The lowest BCUT2D eigenvalue weighted by atomic mass is 10.1. The van der Waals surface area contributed by atoms with Crippen LogP contribution in [0, 0.1) is 5.92 Å². The van der Waals surface area contributed by atoms with E-state index in [0.717, 1.165) is 19.0 Å². The molecule has 0 aliphatic heterocycles. The Morgan fingerprint density at radius 3 is 2.05 bits per heavy atom. The predicted octanol–water partition coefficient (Wildman–Crippen LogP) is 1.71. The highest BCUT2D eigenvalue weighted by molar-refractivity contribution is 4.56. The average molecular weight is 291 g/mol. The summed E-state index contributed by atoms with van der Waals surface area (Å²) in [7, 11) is 1.66. The molecule has 0 aromatic rings. The van der Waals surface area contributed by atoms with Crippen LogP contribution in [-0.4, -0.2) is 65.9 Å². The molecule has 0 aromatic carbocycles. The van der Waals surface area contributed by atoms with E-state index in [1.165, 1.54) is 6.42 Å². The molecule has 0 radical (unpaired) electrons. The van der Waals surface area contributed by atoms with E-state index in [4.69, 9.17) is 18.9 Å². The Morgan fingerprint density at radius 1 is 0.850 bits per heavy atom. The van der Waals surface area contributed by atoms with Crippen LogP contribution in [0.25, 0.3) is 0 Å². The zero-order chi connectivity index (χ0) is 15.1. The van der Waals surface area contributed by atoms with E-state index in [-0.39, 0.29) is 6.10 Å². The van der Waals surface area contributed by atoms with Crippen LogP contribution in [0.2, 0.25) is 0 Å². The summed E-state index contributed by atoms with van der Waals surface area (Å²) in [6.07, 6.45) is 1.43. The lowest BCUT2D eigenvalue weighted by Crippen LogP contribution is -2.29. The second-order valence-corrected chi connectivity index (χ2v) is 5.29. The van der Waals surface area contributed by atoms with Gasteiger partial charge < -0.3 is 24.3 Å². The molecule has 0 aliphatic rings. The van der Waals surface area contributed by atoms with Gasteiger partial charge in [-0.2, -0.15) is 0 Å². The fourth-order valence-corrected chi connectivity index (χ4v) is 1.53. The number of hydrogen-bond acceptors (Lipinski definition) is 5. The molecule has 1 N–H and O–H groups in total. The van der Waals surface area contributed by atoms with Gasteiger partial charge in [-0.25, -0.2) is 0 Å². The summed E-state index contributed by atoms with van der Waals surface area (Å²) in [4.78, 5) is 0. The molecule has 0 heterocycles. The summed E-state index contributed by atoms with van der Waals surface area (Å²) in [6, 6.07) is 0. The molecule has 0 amide bonds. The van der Waals surface area contributed by atoms with Crippen molar-refractivity contribution in [2.24, 2.45) is 5.92 Å². The SMILES string of the molecule is COCCOCCOCCOC(C)CNCCC(C)C. The third-order valence-corrected chi connectivity index (χ3v) is 2.76. The molecule has 5 nitrogen and oxygen atoms in total. The standard InChI is InChI=1S/C15H33NO4/c1-14(2)5-6-16-13-15(3)20-12-11-19-10-9-18-8-7-17-4/h14-16H,5-13H2,1-4H3. The minimum Gasteiger partial charge on any atom is -0.382 e. The van der Waals surface area contributed by atoms with Gasteiger partial charge in [-0.05, 0) is 25.8 Å². The van der Waals surface area contributed by atoms with Crippen LogP contribution in [0.3, 0.4) is 0 Å². The van der Waals surface area contributed by atoms with Gasteiger partial charge in [0, 0.05) is 13.7 Å². The summed E-state index contributed by atoms with van der Waals surface area (Å²) >= 11 is 0. The molecule has 0 aliphatic carbocycles. The molecule has 0 saturated heterocycles. The molecule has 0 rings (SSSR count). The van der Waals surface area contributed by atoms with Crippen molar-refractivity contribution >= 4 is 0 Å². The molecule has 1 unspecified atom stereocenters. The topological polar surface area (TPSA) is 49.0 Å². The third-order valence-electron chi connectivity index (χ3n) is 2.76. The summed E-state index contributed by atoms with van der Waals surface area (Å²) in [5, 5.41) is 3.40. The second-order valence-electron chi connectivity index (χ2n) is 5.29. The molecule has 0 spiro atoms. The van der Waals surface area contributed by atoms with E-state index in [9.17, 15) is 0 Å². The molecule has 5 heteroatoms. The highest BCUT2D eigenvalue weighted by atomic mass is 16.6. The van der Waals surface area contributed by atoms with Crippen LogP contribution in [-0.2, 0) is 18.9 Å². The summed E-state index contributed by atoms with van der Waals surface area (Å²) in [5.74, 6) is 0.748. The van der Waals surface area contributed by atoms with Crippen molar-refractivity contribution < 1.29 is 18.9 Å². The summed E-state index contributed by atoms with van der Waals surface area (Å²) in [6.45, 7) is 12.2. The van der Waals surface area contributed by atoms with Gasteiger partial charge in [-0.3, -0.25) is 0 Å². The zero-order valence-corrected chi connectivity index (χ0v) is 13.7. The molecular weight excluding hydrogens is 258 g/mol. The molecule has 0 fully saturated rings. The van der Waals surface area contributed by atoms with E-state index < -0.39 is 0 Å². The number of hydrogen-bond donors (Lipinski definition) is 1. The highest BCUT2D eigenvalue weighted by Gasteiger charge is 2.01. The van der Waals surface area contributed by atoms with Gasteiger partial charge >= 0.3 is 0 Å². The van der Waals surface area contributed by atoms with Crippen LogP contribution in [0.1, 0.15) is 27.2 Å². The minimum absolute atomic E-state index is 0.226. The van der Waals surface area contributed by atoms with Crippen molar-refractivity contribution in [2.45, 2.75) is 33.3 Å². The molecule has 0 bridgehead atoms. The van der Waals surface area contributed by atoms with Crippen molar-refractivity contribution in [3.63, 3.8) is 0 Å². The average Bonchev–Trinajstić information content (AvgIpc) is 2.41. The molecule has 1 atom stereocenters. The van der Waals surface area contributed by atoms with E-state index in [2.05, 4.69) is 26.1 Å². The molecule has 0 aromatic heterocycles. The molecule has 122 valence electrons. The van der Waals surface area contributed by atoms with Gasteiger partial charge in [0.1, 0.15) is 0 Å². The Bertz CT molecular complexity index is 191. The maximum Gasteiger partial charge on any atom is 0.0704 e. The number of ether oxygens (including phenoxy) is 4. The van der Waals surface area contributed by atoms with E-state index in [1.807, 2.05) is 0 Å². The maximum atomic E-state index is 5.65. The van der Waals surface area contributed by atoms with Crippen molar-refractivity contribution in [1.29, 1.82) is 0 Å². The van der Waals surface area contributed by atoms with E-state index in [0.29, 0.717) is 39.6 Å². The highest BCUT2D eigenvalue weighted by Crippen LogP contribution is 1.96. The number of rotatable bonds is 15. The van der Waals surface area contributed by atoms with Gasteiger partial charge in [0.25, 0.3) is 0 Å². The van der Waals surface area contributed by atoms with Gasteiger partial charge in [0.15, 0.2) is 0 Å². The Hall–Kier alpha value is -0.200. The number of methoxy groups -OCH3 is 1. The van der Waals surface area contributed by atoms with Crippen LogP contribution in [0.15, 0.2) is 0 Å². The van der Waals surface area contributed by atoms with Gasteiger partial charge in [0.05, 0.1) is 45.7 Å². The molecular formula is C15H33NO4. The van der Waals surface area contributed by atoms with Crippen LogP contribution in [0.5, 0.6) is 0 Å². The second kappa shape index (κ2) is 15.2. The minimum atomic E-state index is 0.226. The van der Waals surface area contributed by atoms with Crippen LogP contribution >= 0.6 is 0 Å². The lowest BCUT2D eigenvalue weighted by molar-refractivity contribution is -0.0116. The monoisotopic (exact) mass is 291 g/mol. The van der Waals surface area contributed by atoms with Gasteiger partial charge in [-0.1, -0.05) is 13.8 Å². The Kier molecular flexibility index (Phi) is 15.0.